The predicted octanol–water partition coefficient (Wildman–Crippen LogP) is 2.53. The molecule has 0 saturated carbocycles. The fourth-order valence-corrected chi connectivity index (χ4v) is 3.19. The van der Waals surface area contributed by atoms with Gasteiger partial charge >= 0.3 is 0 Å². The normalized spacial score (nSPS) is 12.5. The second kappa shape index (κ2) is 7.24. The van der Waals surface area contributed by atoms with Crippen molar-refractivity contribution in [2.75, 3.05) is 6.54 Å². The topological polar surface area (TPSA) is 133 Å². The van der Waals surface area contributed by atoms with Crippen LogP contribution in [0.25, 0.3) is 10.9 Å². The third-order valence-electron chi connectivity index (χ3n) is 3.30. The first kappa shape index (κ1) is 18.3. The Morgan fingerprint density at radius 1 is 1.46 bits per heavy atom. The van der Waals surface area contributed by atoms with Crippen LogP contribution in [0.5, 0.6) is 5.88 Å². The van der Waals surface area contributed by atoms with Gasteiger partial charge in [-0.15, -0.1) is 10.2 Å². The molecule has 8 nitrogen and oxygen atoms in total. The van der Waals surface area contributed by atoms with Gasteiger partial charge in [-0.2, -0.15) is 0 Å². The number of sulfonamides is 1. The van der Waals surface area contributed by atoms with E-state index in [0.29, 0.717) is 23.4 Å². The van der Waals surface area contributed by atoms with Crippen molar-refractivity contribution in [3.8, 4) is 5.88 Å². The van der Waals surface area contributed by atoms with E-state index in [1.165, 1.54) is 12.1 Å². The number of benzene rings is 1. The molecule has 0 spiro atoms. The maximum Gasteiger partial charge on any atom is 0.240 e. The standard InChI is InChI=1S/C14H19N5O3S2/c1-8(2)5-6-16-24(21,22)9-3-4-11-10(7-9)12(13(20)17-11)18-19-14(15)23/h3-4,7-8,16-17,20H,5-6H2,1-2H3,(H2,15,23). The number of fused-ring (bicyclic) bond motifs is 1. The molecule has 1 aromatic heterocycles. The van der Waals surface area contributed by atoms with E-state index in [9.17, 15) is 13.5 Å². The number of hydrogen-bond donors (Lipinski definition) is 4. The molecular weight excluding hydrogens is 350 g/mol. The van der Waals surface area contributed by atoms with Gasteiger partial charge in [0.2, 0.25) is 21.0 Å². The molecule has 1 heterocycles. The Balaban J connectivity index is 2.39. The molecule has 0 radical (unpaired) electrons. The summed E-state index contributed by atoms with van der Waals surface area (Å²) in [6, 6.07) is 4.41. The molecule has 2 aromatic rings. The lowest BCUT2D eigenvalue weighted by Crippen LogP contribution is -2.25. The van der Waals surface area contributed by atoms with E-state index >= 15 is 0 Å². The molecule has 0 aliphatic heterocycles. The van der Waals surface area contributed by atoms with E-state index in [-0.39, 0.29) is 21.6 Å². The van der Waals surface area contributed by atoms with Crippen molar-refractivity contribution >= 4 is 43.9 Å². The molecule has 1 aromatic carbocycles. The molecule has 0 unspecified atom stereocenters. The van der Waals surface area contributed by atoms with Gasteiger partial charge in [-0.3, -0.25) is 0 Å². The summed E-state index contributed by atoms with van der Waals surface area (Å²) in [5.41, 5.74) is 5.85. The van der Waals surface area contributed by atoms with Crippen molar-refractivity contribution in [2.24, 2.45) is 21.9 Å². The molecule has 130 valence electrons. The molecular formula is C14H19N5O3S2. The van der Waals surface area contributed by atoms with Gasteiger partial charge in [0, 0.05) is 11.9 Å². The highest BCUT2D eigenvalue weighted by atomic mass is 32.2. The first-order valence-corrected chi connectivity index (χ1v) is 9.15. The van der Waals surface area contributed by atoms with Gasteiger partial charge in [0.05, 0.1) is 10.4 Å². The van der Waals surface area contributed by atoms with Crippen molar-refractivity contribution in [3.05, 3.63) is 18.2 Å². The predicted molar refractivity (Wildman–Crippen MR) is 95.9 cm³/mol. The van der Waals surface area contributed by atoms with Crippen LogP contribution in [0.4, 0.5) is 5.69 Å². The first-order valence-electron chi connectivity index (χ1n) is 7.26. The van der Waals surface area contributed by atoms with Gasteiger partial charge < -0.3 is 15.8 Å². The molecule has 0 bridgehead atoms. The van der Waals surface area contributed by atoms with E-state index in [1.54, 1.807) is 6.07 Å². The van der Waals surface area contributed by atoms with Crippen molar-refractivity contribution in [2.45, 2.75) is 25.2 Å². The zero-order chi connectivity index (χ0) is 17.9. The highest BCUT2D eigenvalue weighted by Gasteiger charge is 2.18. The first-order chi connectivity index (χ1) is 11.2. The highest BCUT2D eigenvalue weighted by molar-refractivity contribution is 7.89. The van der Waals surface area contributed by atoms with Crippen LogP contribution in [0, 0.1) is 5.92 Å². The smallest absolute Gasteiger partial charge is 0.240 e. The molecule has 0 aliphatic carbocycles. The summed E-state index contributed by atoms with van der Waals surface area (Å²) >= 11 is 4.61. The van der Waals surface area contributed by atoms with E-state index in [4.69, 9.17) is 5.73 Å². The van der Waals surface area contributed by atoms with Gasteiger partial charge in [0.1, 0.15) is 0 Å². The number of aromatic hydroxyl groups is 1. The maximum atomic E-state index is 12.4. The Bertz CT molecular complexity index is 887. The third kappa shape index (κ3) is 4.28. The van der Waals surface area contributed by atoms with E-state index in [0.717, 1.165) is 6.42 Å². The van der Waals surface area contributed by atoms with Crippen LogP contribution < -0.4 is 10.5 Å². The van der Waals surface area contributed by atoms with Crippen molar-refractivity contribution in [1.29, 1.82) is 0 Å². The Labute approximate surface area is 145 Å². The molecule has 10 heteroatoms. The fraction of sp³-hybridized carbons (Fsp3) is 0.357. The number of rotatable bonds is 6. The molecule has 5 N–H and O–H groups in total. The van der Waals surface area contributed by atoms with Crippen molar-refractivity contribution in [3.63, 3.8) is 0 Å². The fourth-order valence-electron chi connectivity index (χ4n) is 2.08. The molecule has 2 rings (SSSR count). The zero-order valence-electron chi connectivity index (χ0n) is 13.3. The van der Waals surface area contributed by atoms with Gasteiger partial charge in [-0.05, 0) is 42.8 Å². The van der Waals surface area contributed by atoms with E-state index < -0.39 is 10.0 Å². The molecule has 0 fully saturated rings. The Kier molecular flexibility index (Phi) is 5.52. The van der Waals surface area contributed by atoms with Crippen LogP contribution in [0.2, 0.25) is 0 Å². The maximum absolute atomic E-state index is 12.4. The number of azo groups is 1. The van der Waals surface area contributed by atoms with Crippen molar-refractivity contribution in [1.82, 2.24) is 9.71 Å². The summed E-state index contributed by atoms with van der Waals surface area (Å²) < 4.78 is 27.3. The summed E-state index contributed by atoms with van der Waals surface area (Å²) in [4.78, 5) is 2.76. The number of nitrogens with zero attached hydrogens (tertiary/aromatic N) is 2. The van der Waals surface area contributed by atoms with Crippen LogP contribution in [0.15, 0.2) is 33.3 Å². The second-order valence-corrected chi connectivity index (χ2v) is 7.83. The lowest BCUT2D eigenvalue weighted by molar-refractivity contribution is 0.459. The minimum atomic E-state index is -3.65. The van der Waals surface area contributed by atoms with Crippen LogP contribution >= 0.6 is 12.2 Å². The zero-order valence-corrected chi connectivity index (χ0v) is 14.9. The van der Waals surface area contributed by atoms with E-state index in [1.807, 2.05) is 13.8 Å². The third-order valence-corrected chi connectivity index (χ3v) is 4.84. The summed E-state index contributed by atoms with van der Waals surface area (Å²) in [6.07, 6.45) is 0.736. The van der Waals surface area contributed by atoms with Gasteiger partial charge in [0.25, 0.3) is 0 Å². The number of nitrogens with two attached hydrogens (primary N) is 1. The summed E-state index contributed by atoms with van der Waals surface area (Å²) in [5, 5.41) is 17.4. The van der Waals surface area contributed by atoms with Gasteiger partial charge in [0.15, 0.2) is 5.69 Å². The average molecular weight is 369 g/mol. The summed E-state index contributed by atoms with van der Waals surface area (Å²) in [5.74, 6) is 0.149. The lowest BCUT2D eigenvalue weighted by atomic mass is 10.1. The number of H-pyrrole nitrogens is 1. The molecule has 0 saturated heterocycles. The van der Waals surface area contributed by atoms with Crippen LogP contribution in [0.1, 0.15) is 20.3 Å². The highest BCUT2D eigenvalue weighted by Crippen LogP contribution is 2.36. The number of aromatic nitrogens is 1. The van der Waals surface area contributed by atoms with Crippen molar-refractivity contribution < 1.29 is 13.5 Å². The SMILES string of the molecule is CC(C)CCNS(=O)(=O)c1ccc2[nH]c(O)c(N=NC(N)=S)c2c1. The largest absolute Gasteiger partial charge is 0.493 e. The molecule has 0 amide bonds. The Hall–Kier alpha value is -2.04. The van der Waals surface area contributed by atoms with Crippen LogP contribution in [-0.2, 0) is 10.0 Å². The van der Waals surface area contributed by atoms with E-state index in [2.05, 4.69) is 32.2 Å². The molecule has 0 atom stereocenters. The Morgan fingerprint density at radius 3 is 2.79 bits per heavy atom. The summed E-state index contributed by atoms with van der Waals surface area (Å²) in [7, 11) is -3.65. The lowest BCUT2D eigenvalue weighted by Gasteiger charge is -2.08. The minimum absolute atomic E-state index is 0.0736. The van der Waals surface area contributed by atoms with Crippen LogP contribution in [0.3, 0.4) is 0 Å². The monoisotopic (exact) mass is 369 g/mol. The Morgan fingerprint density at radius 2 is 2.17 bits per heavy atom. The number of nitrogens with one attached hydrogen (secondary N) is 2. The number of aromatic amines is 1. The van der Waals surface area contributed by atoms with Gasteiger partial charge in [-0.1, -0.05) is 13.8 Å². The molecule has 24 heavy (non-hydrogen) atoms. The second-order valence-electron chi connectivity index (χ2n) is 5.65. The van der Waals surface area contributed by atoms with Crippen LogP contribution in [-0.4, -0.2) is 30.2 Å². The summed E-state index contributed by atoms with van der Waals surface area (Å²) in [6.45, 7) is 4.38. The average Bonchev–Trinajstić information content (AvgIpc) is 2.78. The van der Waals surface area contributed by atoms with Gasteiger partial charge in [-0.25, -0.2) is 13.1 Å². The minimum Gasteiger partial charge on any atom is -0.493 e. The number of thiocarbonyl (C=S) groups is 1. The quantitative estimate of drug-likeness (QED) is 0.459. The molecule has 0 aliphatic rings. The number of hydrogen-bond acceptors (Lipinski definition) is 5.